The van der Waals surface area contributed by atoms with Crippen molar-refractivity contribution in [3.05, 3.63) is 23.4 Å². The lowest BCUT2D eigenvalue weighted by Crippen LogP contribution is -2.06. The van der Waals surface area contributed by atoms with Crippen LogP contribution in [0.15, 0.2) is 10.5 Å². The van der Waals surface area contributed by atoms with Crippen molar-refractivity contribution in [2.75, 3.05) is 12.9 Å². The fourth-order valence-electron chi connectivity index (χ4n) is 2.67. The lowest BCUT2D eigenvalue weighted by atomic mass is 10.1. The molecule has 0 bridgehead atoms. The van der Waals surface area contributed by atoms with E-state index >= 15 is 0 Å². The molecule has 1 saturated carbocycles. The van der Waals surface area contributed by atoms with Crippen molar-refractivity contribution in [1.82, 2.24) is 4.98 Å². The van der Waals surface area contributed by atoms with Crippen LogP contribution in [0, 0.1) is 12.8 Å². The van der Waals surface area contributed by atoms with E-state index in [0.717, 1.165) is 23.3 Å². The second-order valence-corrected chi connectivity index (χ2v) is 7.34. The van der Waals surface area contributed by atoms with Gasteiger partial charge in [-0.05, 0) is 32.6 Å². The predicted molar refractivity (Wildman–Crippen MR) is 81.3 cm³/mol. The first-order valence-electron chi connectivity index (χ1n) is 7.34. The van der Waals surface area contributed by atoms with Crippen LogP contribution in [0.3, 0.4) is 0 Å². The molecular weight excluding hydrogens is 290 g/mol. The molecule has 0 unspecified atom stereocenters. The third-order valence-corrected chi connectivity index (χ3v) is 4.35. The summed E-state index contributed by atoms with van der Waals surface area (Å²) < 4.78 is 32.3. The molecule has 0 amide bonds. The first kappa shape index (κ1) is 16.2. The maximum Gasteiger partial charge on any atom is 0.264 e. The molecule has 0 atom stereocenters. The zero-order chi connectivity index (χ0) is 15.5. The Morgan fingerprint density at radius 2 is 2.10 bits per heavy atom. The molecule has 118 valence electrons. The van der Waals surface area contributed by atoms with Crippen LogP contribution in [-0.4, -0.2) is 26.3 Å². The largest absolute Gasteiger partial charge is 0.442 e. The normalized spacial score (nSPS) is 17.6. The Hall–Kier alpha value is -1.14. The number of rotatable bonds is 6. The van der Waals surface area contributed by atoms with Crippen LogP contribution in [0.1, 0.15) is 50.0 Å². The molecule has 1 aliphatic rings. The summed E-state index contributed by atoms with van der Waals surface area (Å²) in [5.74, 6) is 1.99. The number of nitrogens with zero attached hydrogens (tertiary/aromatic N) is 1. The number of aromatic nitrogens is 1. The van der Waals surface area contributed by atoms with E-state index in [0.29, 0.717) is 18.2 Å². The molecule has 1 aromatic heterocycles. The van der Waals surface area contributed by atoms with Crippen molar-refractivity contribution in [3.63, 3.8) is 0 Å². The minimum Gasteiger partial charge on any atom is -0.442 e. The Kier molecular flexibility index (Phi) is 5.22. The minimum atomic E-state index is -3.40. The maximum absolute atomic E-state index is 10.9. The van der Waals surface area contributed by atoms with Gasteiger partial charge in [-0.15, -0.1) is 0 Å². The monoisotopic (exact) mass is 313 g/mol. The predicted octanol–water partition coefficient (Wildman–Crippen LogP) is 3.10. The smallest absolute Gasteiger partial charge is 0.264 e. The summed E-state index contributed by atoms with van der Waals surface area (Å²) in [6.45, 7) is 3.95. The van der Waals surface area contributed by atoms with Gasteiger partial charge in [0.15, 0.2) is 0 Å². The number of oxazole rings is 1. The van der Waals surface area contributed by atoms with Crippen LogP contribution >= 0.6 is 0 Å². The molecule has 0 radical (unpaired) electrons. The number of hydrogen-bond acceptors (Lipinski definition) is 5. The quantitative estimate of drug-likeness (QED) is 0.755. The van der Waals surface area contributed by atoms with Gasteiger partial charge in [0, 0.05) is 12.0 Å². The summed E-state index contributed by atoms with van der Waals surface area (Å²) in [4.78, 5) is 4.46. The Labute approximate surface area is 126 Å². The van der Waals surface area contributed by atoms with E-state index in [4.69, 9.17) is 8.60 Å². The second-order valence-electron chi connectivity index (χ2n) is 5.69. The summed E-state index contributed by atoms with van der Waals surface area (Å²) in [5.41, 5.74) is 1.81. The van der Waals surface area contributed by atoms with Crippen LogP contribution in [0.4, 0.5) is 0 Å². The third-order valence-electron chi connectivity index (χ3n) is 3.75. The molecular formula is C15H23NO4S. The molecule has 1 heterocycles. The van der Waals surface area contributed by atoms with Crippen LogP contribution in [-0.2, 0) is 20.7 Å². The molecule has 1 aromatic rings. The van der Waals surface area contributed by atoms with Crippen LogP contribution in [0.25, 0.3) is 5.57 Å². The summed E-state index contributed by atoms with van der Waals surface area (Å²) in [7, 11) is -3.40. The highest BCUT2D eigenvalue weighted by Gasteiger charge is 2.16. The van der Waals surface area contributed by atoms with Crippen LogP contribution < -0.4 is 0 Å². The number of aryl methyl sites for hydroxylation is 1. The van der Waals surface area contributed by atoms with E-state index in [9.17, 15) is 8.42 Å². The van der Waals surface area contributed by atoms with E-state index in [2.05, 4.69) is 11.1 Å². The molecule has 1 fully saturated rings. The van der Waals surface area contributed by atoms with Gasteiger partial charge >= 0.3 is 0 Å². The third kappa shape index (κ3) is 4.97. The molecule has 0 aliphatic heterocycles. The maximum atomic E-state index is 10.9. The minimum absolute atomic E-state index is 0.0943. The molecule has 5 nitrogen and oxygen atoms in total. The van der Waals surface area contributed by atoms with Crippen molar-refractivity contribution in [2.45, 2.75) is 46.0 Å². The SMILES string of the molecule is C/C(=C/C1CCCC1)c1nc(CCOS(C)(=O)=O)c(C)o1. The molecule has 6 heteroatoms. The zero-order valence-corrected chi connectivity index (χ0v) is 13.7. The van der Waals surface area contributed by atoms with E-state index in [-0.39, 0.29) is 6.61 Å². The van der Waals surface area contributed by atoms with E-state index < -0.39 is 10.1 Å². The molecule has 2 rings (SSSR count). The first-order valence-corrected chi connectivity index (χ1v) is 9.16. The zero-order valence-electron chi connectivity index (χ0n) is 12.9. The van der Waals surface area contributed by atoms with Crippen molar-refractivity contribution in [1.29, 1.82) is 0 Å². The average Bonchev–Trinajstić information content (AvgIpc) is 2.98. The topological polar surface area (TPSA) is 69.4 Å². The molecule has 0 spiro atoms. The van der Waals surface area contributed by atoms with E-state index in [1.807, 2.05) is 13.8 Å². The van der Waals surface area contributed by atoms with Gasteiger partial charge in [0.25, 0.3) is 10.1 Å². The molecule has 0 aromatic carbocycles. The first-order chi connectivity index (χ1) is 9.85. The highest BCUT2D eigenvalue weighted by atomic mass is 32.2. The van der Waals surface area contributed by atoms with Crippen molar-refractivity contribution in [2.24, 2.45) is 5.92 Å². The lowest BCUT2D eigenvalue weighted by molar-refractivity contribution is 0.324. The van der Waals surface area contributed by atoms with Gasteiger partial charge in [0.1, 0.15) is 5.76 Å². The van der Waals surface area contributed by atoms with Crippen molar-refractivity contribution < 1.29 is 17.0 Å². The molecule has 0 N–H and O–H groups in total. The van der Waals surface area contributed by atoms with Crippen molar-refractivity contribution in [3.8, 4) is 0 Å². The van der Waals surface area contributed by atoms with Gasteiger partial charge in [-0.1, -0.05) is 18.9 Å². The lowest BCUT2D eigenvalue weighted by Gasteiger charge is -2.02. The molecule has 1 aliphatic carbocycles. The van der Waals surface area contributed by atoms with Crippen molar-refractivity contribution >= 4 is 15.7 Å². The Balaban J connectivity index is 2.00. The summed E-state index contributed by atoms with van der Waals surface area (Å²) in [5, 5.41) is 0. The number of hydrogen-bond donors (Lipinski definition) is 0. The van der Waals surface area contributed by atoms with Gasteiger partial charge in [-0.2, -0.15) is 8.42 Å². The van der Waals surface area contributed by atoms with Gasteiger partial charge < -0.3 is 4.42 Å². The van der Waals surface area contributed by atoms with Gasteiger partial charge in [-0.3, -0.25) is 4.18 Å². The van der Waals surface area contributed by atoms with E-state index in [1.165, 1.54) is 25.7 Å². The fraction of sp³-hybridized carbons (Fsp3) is 0.667. The van der Waals surface area contributed by atoms with Gasteiger partial charge in [0.2, 0.25) is 5.89 Å². The van der Waals surface area contributed by atoms with Gasteiger partial charge in [-0.25, -0.2) is 4.98 Å². The number of allylic oxidation sites excluding steroid dienone is 2. The highest BCUT2D eigenvalue weighted by Crippen LogP contribution is 2.29. The molecule has 21 heavy (non-hydrogen) atoms. The highest BCUT2D eigenvalue weighted by molar-refractivity contribution is 7.85. The summed E-state index contributed by atoms with van der Waals surface area (Å²) >= 11 is 0. The second kappa shape index (κ2) is 6.75. The molecule has 0 saturated heterocycles. The average molecular weight is 313 g/mol. The Morgan fingerprint density at radius 1 is 1.43 bits per heavy atom. The van der Waals surface area contributed by atoms with Crippen LogP contribution in [0.5, 0.6) is 0 Å². The van der Waals surface area contributed by atoms with Gasteiger partial charge in [0.05, 0.1) is 18.6 Å². The summed E-state index contributed by atoms with van der Waals surface area (Å²) in [6.07, 6.45) is 8.80. The van der Waals surface area contributed by atoms with E-state index in [1.54, 1.807) is 0 Å². The Bertz CT molecular complexity index is 610. The fourth-order valence-corrected chi connectivity index (χ4v) is 3.05. The van der Waals surface area contributed by atoms with Crippen LogP contribution in [0.2, 0.25) is 0 Å². The standard InChI is InChI=1S/C15H23NO4S/c1-11(10-13-6-4-5-7-13)15-16-14(12(2)20-15)8-9-19-21(3,17)18/h10,13H,4-9H2,1-3H3/b11-10-. The Morgan fingerprint density at radius 3 is 2.71 bits per heavy atom. The summed E-state index contributed by atoms with van der Waals surface area (Å²) in [6, 6.07) is 0.